The first-order valence-corrected chi connectivity index (χ1v) is 5.88. The minimum Gasteiger partial charge on any atom is -0.452 e. The molecule has 0 aromatic carbocycles. The van der Waals surface area contributed by atoms with Crippen molar-refractivity contribution in [1.82, 2.24) is 0 Å². The maximum absolute atomic E-state index is 11.1. The number of hydrogen-bond donors (Lipinski definition) is 1. The molecule has 7 heteroatoms. The fourth-order valence-electron chi connectivity index (χ4n) is 0.657. The van der Waals surface area contributed by atoms with Crippen molar-refractivity contribution in [3.8, 4) is 0 Å². The fraction of sp³-hybridized carbons (Fsp3) is 0.833. The van der Waals surface area contributed by atoms with Gasteiger partial charge >= 0.3 is 9.05 Å². The Kier molecular flexibility index (Phi) is 6.34. The van der Waals surface area contributed by atoms with Crippen LogP contribution in [0.15, 0.2) is 0 Å². The monoisotopic (exact) mass is 226 g/mol. The predicted octanol–water partition coefficient (Wildman–Crippen LogP) is 0.224. The van der Waals surface area contributed by atoms with Gasteiger partial charge in [0.05, 0.1) is 6.42 Å². The predicted molar refractivity (Wildman–Crippen MR) is 51.3 cm³/mol. The molecule has 0 aliphatic carbocycles. The molecule has 0 fully saturated rings. The first-order valence-electron chi connectivity index (χ1n) is 3.62. The molecule has 0 atom stereocenters. The summed E-state index contributed by atoms with van der Waals surface area (Å²) in [7, 11) is 0.904. The third kappa shape index (κ3) is 4.10. The van der Waals surface area contributed by atoms with E-state index in [9.17, 15) is 4.79 Å². The quantitative estimate of drug-likeness (QED) is 0.519. The van der Waals surface area contributed by atoms with Crippen LogP contribution in [0.3, 0.4) is 0 Å². The van der Waals surface area contributed by atoms with E-state index in [1.165, 1.54) is 21.3 Å². The molecule has 0 aromatic heterocycles. The van der Waals surface area contributed by atoms with Crippen LogP contribution in [-0.2, 0) is 22.5 Å². The van der Waals surface area contributed by atoms with Crippen LogP contribution in [0, 0.1) is 0 Å². The Morgan fingerprint density at radius 1 is 1.23 bits per heavy atom. The Labute approximate surface area is 84.2 Å². The van der Waals surface area contributed by atoms with E-state index >= 15 is 0 Å². The Morgan fingerprint density at radius 3 is 2.00 bits per heavy atom. The van der Waals surface area contributed by atoms with Crippen LogP contribution in [0.1, 0.15) is 6.42 Å². The first-order chi connectivity index (χ1) is 6.14. The van der Waals surface area contributed by atoms with Gasteiger partial charge in [0.15, 0.2) is 0 Å². The number of carbonyl (C=O) groups is 1. The minimum atomic E-state index is -3.20. The van der Waals surface area contributed by atoms with Crippen LogP contribution in [-0.4, -0.2) is 42.1 Å². The lowest BCUT2D eigenvalue weighted by atomic mass is 10.5. The van der Waals surface area contributed by atoms with Crippen molar-refractivity contribution in [2.24, 2.45) is 0 Å². The van der Waals surface area contributed by atoms with Gasteiger partial charge in [-0.15, -0.1) is 0 Å². The van der Waals surface area contributed by atoms with E-state index < -0.39 is 15.0 Å². The second-order valence-corrected chi connectivity index (χ2v) is 4.94. The van der Waals surface area contributed by atoms with Crippen LogP contribution in [0.5, 0.6) is 0 Å². The molecular formula is C6H14O5SSi. The van der Waals surface area contributed by atoms with Gasteiger partial charge in [-0.25, -0.2) is 0 Å². The lowest BCUT2D eigenvalue weighted by Gasteiger charge is -2.21. The third-order valence-corrected chi connectivity index (χ3v) is 3.51. The molecule has 0 spiro atoms. The zero-order valence-corrected chi connectivity index (χ0v) is 9.80. The van der Waals surface area contributed by atoms with Gasteiger partial charge in [0.2, 0.25) is 0 Å². The molecule has 0 saturated carbocycles. The van der Waals surface area contributed by atoms with Crippen molar-refractivity contribution in [2.75, 3.05) is 27.1 Å². The molecule has 0 aliphatic rings. The highest BCUT2D eigenvalue weighted by Crippen LogP contribution is 2.09. The van der Waals surface area contributed by atoms with E-state index in [0.29, 0.717) is 5.75 Å². The van der Waals surface area contributed by atoms with Crippen molar-refractivity contribution in [3.05, 3.63) is 0 Å². The van der Waals surface area contributed by atoms with Crippen LogP contribution in [0.4, 0.5) is 0 Å². The van der Waals surface area contributed by atoms with Crippen molar-refractivity contribution in [2.45, 2.75) is 6.42 Å². The van der Waals surface area contributed by atoms with Gasteiger partial charge < -0.3 is 17.7 Å². The fourth-order valence-corrected chi connectivity index (χ4v) is 1.97. The Bertz CT molecular complexity index is 153. The van der Waals surface area contributed by atoms with Gasteiger partial charge in [0.25, 0.3) is 5.97 Å². The van der Waals surface area contributed by atoms with Gasteiger partial charge in [-0.3, -0.25) is 4.79 Å². The minimum absolute atomic E-state index is 0.202. The van der Waals surface area contributed by atoms with Crippen molar-refractivity contribution >= 4 is 27.6 Å². The Morgan fingerprint density at radius 2 is 1.69 bits per heavy atom. The Hall–Kier alpha value is -0.0831. The van der Waals surface area contributed by atoms with Gasteiger partial charge in [-0.1, -0.05) is 0 Å². The number of hydrogen-bond acceptors (Lipinski definition) is 6. The average molecular weight is 226 g/mol. The molecular weight excluding hydrogens is 212 g/mol. The van der Waals surface area contributed by atoms with Gasteiger partial charge in [-0.05, 0) is 0 Å². The molecule has 0 heterocycles. The largest absolute Gasteiger partial charge is 0.750 e. The zero-order valence-electron chi connectivity index (χ0n) is 7.90. The summed E-state index contributed by atoms with van der Waals surface area (Å²) in [5.74, 6) is -0.0206. The average Bonchev–Trinajstić information content (AvgIpc) is 2.15. The smallest absolute Gasteiger partial charge is 0.452 e. The molecule has 0 aliphatic heterocycles. The normalized spacial score (nSPS) is 11.4. The molecule has 0 aromatic rings. The molecule has 5 nitrogen and oxygen atoms in total. The van der Waals surface area contributed by atoms with Crippen molar-refractivity contribution in [3.63, 3.8) is 0 Å². The van der Waals surface area contributed by atoms with Crippen molar-refractivity contribution in [1.29, 1.82) is 0 Å². The SMILES string of the molecule is CO[Si](OC)(OC)OC(=O)CCS. The second-order valence-electron chi connectivity index (χ2n) is 2.06. The summed E-state index contributed by atoms with van der Waals surface area (Å²) in [6.07, 6.45) is 0.202. The molecule has 78 valence electrons. The lowest BCUT2D eigenvalue weighted by molar-refractivity contribution is -0.142. The summed E-state index contributed by atoms with van der Waals surface area (Å²) >= 11 is 3.89. The van der Waals surface area contributed by atoms with Crippen LogP contribution in [0.2, 0.25) is 0 Å². The maximum atomic E-state index is 11.1. The Balaban J connectivity index is 4.16. The number of rotatable bonds is 6. The van der Waals surface area contributed by atoms with Crippen molar-refractivity contribution < 1.29 is 22.5 Å². The van der Waals surface area contributed by atoms with E-state index in [-0.39, 0.29) is 6.42 Å². The standard InChI is InChI=1S/C6H14O5SSi/c1-8-13(9-2,10-3)11-6(7)4-5-12/h12H,4-5H2,1-3H3. The molecule has 0 bridgehead atoms. The molecule has 13 heavy (non-hydrogen) atoms. The summed E-state index contributed by atoms with van der Waals surface area (Å²) in [5, 5.41) is 0. The van der Waals surface area contributed by atoms with E-state index in [1.807, 2.05) is 0 Å². The molecule has 0 rings (SSSR count). The van der Waals surface area contributed by atoms with Gasteiger partial charge in [0.1, 0.15) is 0 Å². The summed E-state index contributed by atoms with van der Waals surface area (Å²) in [4.78, 5) is 11.1. The van der Waals surface area contributed by atoms with E-state index in [1.54, 1.807) is 0 Å². The highest BCUT2D eigenvalue weighted by atomic mass is 32.1. The topological polar surface area (TPSA) is 54.0 Å². The maximum Gasteiger partial charge on any atom is 0.750 e. The van der Waals surface area contributed by atoms with E-state index in [0.717, 1.165) is 0 Å². The summed E-state index contributed by atoms with van der Waals surface area (Å²) in [5.41, 5.74) is 0. The summed E-state index contributed by atoms with van der Waals surface area (Å²) in [6, 6.07) is 0. The van der Waals surface area contributed by atoms with Crippen LogP contribution in [0.25, 0.3) is 0 Å². The molecule has 0 amide bonds. The lowest BCUT2D eigenvalue weighted by Crippen LogP contribution is -2.48. The van der Waals surface area contributed by atoms with E-state index in [2.05, 4.69) is 12.6 Å². The number of thiol groups is 1. The highest BCUT2D eigenvalue weighted by Gasteiger charge is 2.46. The van der Waals surface area contributed by atoms with Crippen LogP contribution >= 0.6 is 12.6 Å². The first kappa shape index (κ1) is 12.9. The van der Waals surface area contributed by atoms with Crippen LogP contribution < -0.4 is 0 Å². The third-order valence-electron chi connectivity index (χ3n) is 1.30. The summed E-state index contributed by atoms with van der Waals surface area (Å²) in [6.45, 7) is 0. The summed E-state index contributed by atoms with van der Waals surface area (Å²) < 4.78 is 19.5. The molecule has 0 saturated heterocycles. The highest BCUT2D eigenvalue weighted by molar-refractivity contribution is 7.80. The molecule has 0 radical (unpaired) electrons. The van der Waals surface area contributed by atoms with E-state index in [4.69, 9.17) is 17.7 Å². The molecule has 0 N–H and O–H groups in total. The van der Waals surface area contributed by atoms with Gasteiger partial charge in [-0.2, -0.15) is 12.6 Å². The second kappa shape index (κ2) is 6.38. The van der Waals surface area contributed by atoms with Gasteiger partial charge in [0, 0.05) is 27.1 Å². The zero-order chi connectivity index (χ0) is 10.3. The molecule has 0 unspecified atom stereocenters. The number of carbonyl (C=O) groups excluding carboxylic acids is 1.